The minimum Gasteiger partial charge on any atom is -0.493 e. The molecule has 5 heteroatoms. The summed E-state index contributed by atoms with van der Waals surface area (Å²) >= 11 is 0. The molecule has 2 aliphatic rings. The summed E-state index contributed by atoms with van der Waals surface area (Å²) in [7, 11) is 3.25. The lowest BCUT2D eigenvalue weighted by Gasteiger charge is -2.25. The molecule has 0 unspecified atom stereocenters. The molecule has 1 aliphatic heterocycles. The van der Waals surface area contributed by atoms with Crippen LogP contribution in [0.4, 0.5) is 0 Å². The molecule has 1 aliphatic carbocycles. The van der Waals surface area contributed by atoms with Crippen LogP contribution in [0.5, 0.6) is 11.5 Å². The van der Waals surface area contributed by atoms with Crippen molar-refractivity contribution < 1.29 is 19.0 Å². The average Bonchev–Trinajstić information content (AvgIpc) is 3.35. The Hall–Kier alpha value is -1.75. The third kappa shape index (κ3) is 2.90. The molecule has 0 aromatic heterocycles. The minimum atomic E-state index is -0.227. The van der Waals surface area contributed by atoms with Crippen LogP contribution < -0.4 is 14.8 Å². The van der Waals surface area contributed by atoms with Gasteiger partial charge in [0.2, 0.25) is 5.91 Å². The van der Waals surface area contributed by atoms with Gasteiger partial charge in [-0.1, -0.05) is 6.07 Å². The Morgan fingerprint density at radius 1 is 1.18 bits per heavy atom. The first-order chi connectivity index (χ1) is 10.7. The van der Waals surface area contributed by atoms with Gasteiger partial charge >= 0.3 is 0 Å². The molecule has 120 valence electrons. The first-order valence-electron chi connectivity index (χ1n) is 7.81. The highest BCUT2D eigenvalue weighted by molar-refractivity contribution is 5.80. The summed E-state index contributed by atoms with van der Waals surface area (Å²) in [4.78, 5) is 12.5. The van der Waals surface area contributed by atoms with Crippen LogP contribution in [0.25, 0.3) is 0 Å². The molecule has 1 heterocycles. The normalized spacial score (nSPS) is 20.3. The zero-order valence-corrected chi connectivity index (χ0v) is 13.2. The van der Waals surface area contributed by atoms with E-state index < -0.39 is 0 Å². The molecule has 0 spiro atoms. The van der Waals surface area contributed by atoms with Crippen LogP contribution in [-0.4, -0.2) is 33.3 Å². The van der Waals surface area contributed by atoms with Crippen molar-refractivity contribution in [1.29, 1.82) is 0 Å². The summed E-state index contributed by atoms with van der Waals surface area (Å²) in [5.74, 6) is 1.63. The Morgan fingerprint density at radius 2 is 1.86 bits per heavy atom. The summed E-state index contributed by atoms with van der Waals surface area (Å²) in [5.41, 5.74) is 0.861. The Kier molecular flexibility index (Phi) is 4.25. The fourth-order valence-electron chi connectivity index (χ4n) is 3.04. The van der Waals surface area contributed by atoms with Crippen molar-refractivity contribution in [2.75, 3.05) is 27.4 Å². The van der Waals surface area contributed by atoms with E-state index >= 15 is 0 Å². The van der Waals surface area contributed by atoms with E-state index in [0.29, 0.717) is 24.7 Å². The van der Waals surface area contributed by atoms with Crippen LogP contribution in [0, 0.1) is 5.92 Å². The molecule has 22 heavy (non-hydrogen) atoms. The summed E-state index contributed by atoms with van der Waals surface area (Å²) in [6.07, 6.45) is 3.57. The van der Waals surface area contributed by atoms with Gasteiger partial charge in [0.05, 0.1) is 19.8 Å². The molecule has 1 aromatic rings. The van der Waals surface area contributed by atoms with Gasteiger partial charge in [-0.2, -0.15) is 0 Å². The molecule has 0 radical (unpaired) electrons. The lowest BCUT2D eigenvalue weighted by atomic mass is 9.97. The second-order valence-corrected chi connectivity index (χ2v) is 6.03. The number of carbonyl (C=O) groups is 1. The van der Waals surface area contributed by atoms with Crippen molar-refractivity contribution in [3.63, 3.8) is 0 Å². The Morgan fingerprint density at radius 3 is 2.45 bits per heavy atom. The minimum absolute atomic E-state index is 0.0753. The maximum atomic E-state index is 12.5. The summed E-state index contributed by atoms with van der Waals surface area (Å²) in [6.45, 7) is 1.36. The number of ether oxygens (including phenoxy) is 3. The van der Waals surface area contributed by atoms with E-state index in [1.165, 1.54) is 0 Å². The second kappa shape index (κ2) is 6.16. The Labute approximate surface area is 130 Å². The molecular formula is C17H23NO4. The van der Waals surface area contributed by atoms with Crippen molar-refractivity contribution >= 4 is 5.91 Å². The van der Waals surface area contributed by atoms with E-state index in [1.807, 2.05) is 18.2 Å². The first-order valence-corrected chi connectivity index (χ1v) is 7.81. The number of carbonyl (C=O) groups excluding carboxylic acids is 1. The molecule has 1 amide bonds. The third-order valence-corrected chi connectivity index (χ3v) is 4.64. The fourth-order valence-corrected chi connectivity index (χ4v) is 3.04. The number of nitrogens with one attached hydrogen (secondary N) is 1. The van der Waals surface area contributed by atoms with Gasteiger partial charge in [0.15, 0.2) is 11.5 Å². The lowest BCUT2D eigenvalue weighted by Crippen LogP contribution is -2.40. The summed E-state index contributed by atoms with van der Waals surface area (Å²) in [6, 6.07) is 5.88. The van der Waals surface area contributed by atoms with Gasteiger partial charge in [-0.25, -0.2) is 0 Å². The van der Waals surface area contributed by atoms with E-state index in [9.17, 15) is 4.79 Å². The standard InChI is InChI=1S/C17H23NO4/c1-20-14-4-3-13(11-15(14)21-2)17(7-8-17)18-16(19)12-5-9-22-10-6-12/h3-4,11-12H,5-10H2,1-2H3,(H,18,19). The zero-order chi connectivity index (χ0) is 15.6. The Balaban J connectivity index is 1.74. The second-order valence-electron chi connectivity index (χ2n) is 6.03. The molecule has 0 atom stereocenters. The predicted molar refractivity (Wildman–Crippen MR) is 82.1 cm³/mol. The maximum Gasteiger partial charge on any atom is 0.223 e. The van der Waals surface area contributed by atoms with Crippen LogP contribution in [0.2, 0.25) is 0 Å². The van der Waals surface area contributed by atoms with Gasteiger partial charge in [0.25, 0.3) is 0 Å². The highest BCUT2D eigenvalue weighted by Gasteiger charge is 2.46. The molecule has 0 bridgehead atoms. The number of methoxy groups -OCH3 is 2. The van der Waals surface area contributed by atoms with Crippen molar-refractivity contribution in [3.05, 3.63) is 23.8 Å². The van der Waals surface area contributed by atoms with Gasteiger partial charge in [0, 0.05) is 19.1 Å². The molecule has 2 fully saturated rings. The summed E-state index contributed by atoms with van der Waals surface area (Å²) < 4.78 is 16.0. The van der Waals surface area contributed by atoms with E-state index in [2.05, 4.69) is 5.32 Å². The number of rotatable bonds is 5. The van der Waals surface area contributed by atoms with Gasteiger partial charge < -0.3 is 19.5 Å². The third-order valence-electron chi connectivity index (χ3n) is 4.64. The number of benzene rings is 1. The smallest absolute Gasteiger partial charge is 0.223 e. The van der Waals surface area contributed by atoms with Gasteiger partial charge in [0.1, 0.15) is 0 Å². The van der Waals surface area contributed by atoms with Gasteiger partial charge in [-0.3, -0.25) is 4.79 Å². The maximum absolute atomic E-state index is 12.5. The van der Waals surface area contributed by atoms with Crippen LogP contribution in [-0.2, 0) is 15.1 Å². The highest BCUT2D eigenvalue weighted by atomic mass is 16.5. The number of hydrogen-bond donors (Lipinski definition) is 1. The molecule has 3 rings (SSSR count). The number of hydrogen-bond acceptors (Lipinski definition) is 4. The first kappa shape index (κ1) is 15.2. The van der Waals surface area contributed by atoms with Crippen LogP contribution >= 0.6 is 0 Å². The molecular weight excluding hydrogens is 282 g/mol. The quantitative estimate of drug-likeness (QED) is 0.906. The monoisotopic (exact) mass is 305 g/mol. The Bertz CT molecular complexity index is 548. The van der Waals surface area contributed by atoms with E-state index in [1.54, 1.807) is 14.2 Å². The zero-order valence-electron chi connectivity index (χ0n) is 13.2. The van der Waals surface area contributed by atoms with Crippen molar-refractivity contribution in [3.8, 4) is 11.5 Å². The van der Waals surface area contributed by atoms with E-state index in [0.717, 1.165) is 31.2 Å². The molecule has 1 saturated carbocycles. The molecule has 5 nitrogen and oxygen atoms in total. The lowest BCUT2D eigenvalue weighted by molar-refractivity contribution is -0.128. The van der Waals surface area contributed by atoms with Crippen LogP contribution in [0.15, 0.2) is 18.2 Å². The van der Waals surface area contributed by atoms with Crippen LogP contribution in [0.1, 0.15) is 31.2 Å². The predicted octanol–water partition coefficient (Wildman–Crippen LogP) is 2.24. The molecule has 1 N–H and O–H groups in total. The largest absolute Gasteiger partial charge is 0.493 e. The van der Waals surface area contributed by atoms with Gasteiger partial charge in [-0.15, -0.1) is 0 Å². The molecule has 1 aromatic carbocycles. The van der Waals surface area contributed by atoms with Crippen molar-refractivity contribution in [2.24, 2.45) is 5.92 Å². The van der Waals surface area contributed by atoms with E-state index in [4.69, 9.17) is 14.2 Å². The topological polar surface area (TPSA) is 56.8 Å². The summed E-state index contributed by atoms with van der Waals surface area (Å²) in [5, 5.41) is 3.25. The number of amides is 1. The molecule has 1 saturated heterocycles. The van der Waals surface area contributed by atoms with Crippen molar-refractivity contribution in [2.45, 2.75) is 31.2 Å². The van der Waals surface area contributed by atoms with Gasteiger partial charge in [-0.05, 0) is 43.4 Å². The fraction of sp³-hybridized carbons (Fsp3) is 0.588. The average molecular weight is 305 g/mol. The van der Waals surface area contributed by atoms with Crippen LogP contribution in [0.3, 0.4) is 0 Å². The SMILES string of the molecule is COc1ccc(C2(NC(=O)C3CCOCC3)CC2)cc1OC. The highest BCUT2D eigenvalue weighted by Crippen LogP contribution is 2.47. The van der Waals surface area contributed by atoms with E-state index in [-0.39, 0.29) is 17.4 Å². The van der Waals surface area contributed by atoms with Crippen molar-refractivity contribution in [1.82, 2.24) is 5.32 Å².